The Morgan fingerprint density at radius 3 is 2.34 bits per heavy atom. The van der Waals surface area contributed by atoms with Gasteiger partial charge in [-0.05, 0) is 92.0 Å². The molecule has 1 fully saturated rings. The van der Waals surface area contributed by atoms with Crippen molar-refractivity contribution < 1.29 is 41.0 Å². The molecule has 0 spiro atoms. The largest absolute Gasteiger partial charge is 0.479 e. The van der Waals surface area contributed by atoms with E-state index in [0.29, 0.717) is 18.4 Å². The summed E-state index contributed by atoms with van der Waals surface area (Å²) in [5.41, 5.74) is 3.66. The lowest BCUT2D eigenvalue weighted by atomic mass is 9.89. The molecule has 1 aliphatic heterocycles. The van der Waals surface area contributed by atoms with Crippen LogP contribution in [0.25, 0.3) is 10.4 Å². The maximum atomic E-state index is 16.3. The number of benzene rings is 2. The van der Waals surface area contributed by atoms with E-state index < -0.39 is 56.9 Å². The predicted molar refractivity (Wildman–Crippen MR) is 192 cm³/mol. The van der Waals surface area contributed by atoms with Crippen LogP contribution in [0.15, 0.2) is 36.4 Å². The van der Waals surface area contributed by atoms with Crippen LogP contribution in [0.1, 0.15) is 83.5 Å². The third-order valence-corrected chi connectivity index (χ3v) is 11.3. The van der Waals surface area contributed by atoms with Crippen molar-refractivity contribution in [3.05, 3.63) is 63.5 Å². The summed E-state index contributed by atoms with van der Waals surface area (Å²) in [7, 11) is -3.80. The third-order valence-electron chi connectivity index (χ3n) is 7.60. The SMILES string of the molecule is CC(C)(C)OC(=O)COc1c(C(=O)OC(C)(C)C)sc(-c2cccc(N[C@H]3CCN(S(=O)(=O)Cc4ccc(F)c(N)c4)C(C)(C)C3)c2F)c1Cl. The average molecular weight is 756 g/mol. The quantitative estimate of drug-likeness (QED) is 0.157. The first-order valence-corrected chi connectivity index (χ1v) is 18.8. The van der Waals surface area contributed by atoms with E-state index in [-0.39, 0.29) is 55.8 Å². The van der Waals surface area contributed by atoms with Crippen LogP contribution in [0.4, 0.5) is 20.2 Å². The van der Waals surface area contributed by atoms with Crippen LogP contribution in [-0.2, 0) is 30.0 Å². The van der Waals surface area contributed by atoms with Crippen molar-refractivity contribution in [3.63, 3.8) is 0 Å². The molecule has 15 heteroatoms. The molecule has 50 heavy (non-hydrogen) atoms. The van der Waals surface area contributed by atoms with Crippen LogP contribution in [-0.4, -0.2) is 60.6 Å². The summed E-state index contributed by atoms with van der Waals surface area (Å²) < 4.78 is 74.8. The molecule has 4 rings (SSSR count). The molecule has 2 heterocycles. The Bertz CT molecular complexity index is 1870. The number of nitrogens with zero attached hydrogens (tertiary/aromatic N) is 1. The molecule has 3 N–H and O–H groups in total. The lowest BCUT2D eigenvalue weighted by Gasteiger charge is -2.45. The first-order chi connectivity index (χ1) is 23.0. The Kier molecular flexibility index (Phi) is 11.5. The first kappa shape index (κ1) is 39.3. The van der Waals surface area contributed by atoms with E-state index in [2.05, 4.69) is 5.32 Å². The van der Waals surface area contributed by atoms with Gasteiger partial charge in [0.1, 0.15) is 22.0 Å². The van der Waals surface area contributed by atoms with Crippen molar-refractivity contribution in [1.82, 2.24) is 4.31 Å². The monoisotopic (exact) mass is 755 g/mol. The van der Waals surface area contributed by atoms with Crippen LogP contribution in [0, 0.1) is 11.6 Å². The number of hydrogen-bond donors (Lipinski definition) is 2. The summed E-state index contributed by atoms with van der Waals surface area (Å²) >= 11 is 7.61. The Hall–Kier alpha value is -3.46. The van der Waals surface area contributed by atoms with E-state index in [1.807, 2.05) is 0 Å². The number of carbonyl (C=O) groups is 2. The Morgan fingerprint density at radius 1 is 1.08 bits per heavy atom. The molecule has 274 valence electrons. The Labute approximate surface area is 301 Å². The molecule has 10 nitrogen and oxygen atoms in total. The molecule has 1 aromatic heterocycles. The van der Waals surface area contributed by atoms with E-state index in [9.17, 15) is 22.4 Å². The van der Waals surface area contributed by atoms with Crippen molar-refractivity contribution in [2.75, 3.05) is 24.2 Å². The van der Waals surface area contributed by atoms with Gasteiger partial charge in [0.2, 0.25) is 10.0 Å². The summed E-state index contributed by atoms with van der Waals surface area (Å²) in [5.74, 6) is -3.17. The molecule has 0 saturated carbocycles. The number of sulfonamides is 1. The molecular formula is C35H44ClF2N3O7S2. The van der Waals surface area contributed by atoms with Gasteiger partial charge < -0.3 is 25.3 Å². The molecule has 2 aromatic carbocycles. The topological polar surface area (TPSA) is 137 Å². The highest BCUT2D eigenvalue weighted by molar-refractivity contribution is 7.88. The van der Waals surface area contributed by atoms with Crippen molar-refractivity contribution >= 4 is 56.3 Å². The number of nitrogens with two attached hydrogens (primary N) is 1. The fourth-order valence-electron chi connectivity index (χ4n) is 5.69. The summed E-state index contributed by atoms with van der Waals surface area (Å²) in [5, 5.41) is 3.16. The second-order valence-corrected chi connectivity index (χ2v) is 18.1. The van der Waals surface area contributed by atoms with E-state index in [0.717, 1.165) is 17.4 Å². The number of thiophene rings is 1. The molecule has 0 amide bonds. The average Bonchev–Trinajstić information content (AvgIpc) is 3.28. The molecule has 3 aromatic rings. The molecule has 0 unspecified atom stereocenters. The van der Waals surface area contributed by atoms with Gasteiger partial charge in [0.05, 0.1) is 22.0 Å². The number of halogens is 3. The predicted octanol–water partition coefficient (Wildman–Crippen LogP) is 7.79. The maximum Gasteiger partial charge on any atom is 0.352 e. The molecule has 0 radical (unpaired) electrons. The highest BCUT2D eigenvalue weighted by Gasteiger charge is 2.42. The number of hydrogen-bond acceptors (Lipinski definition) is 10. The van der Waals surface area contributed by atoms with Crippen molar-refractivity contribution in [2.24, 2.45) is 0 Å². The summed E-state index contributed by atoms with van der Waals surface area (Å²) in [4.78, 5) is 25.8. The second kappa shape index (κ2) is 14.6. The number of esters is 2. The van der Waals surface area contributed by atoms with Crippen molar-refractivity contribution in [3.8, 4) is 16.2 Å². The molecule has 0 bridgehead atoms. The fraction of sp³-hybridized carbons (Fsp3) is 0.486. The zero-order valence-corrected chi connectivity index (χ0v) is 31.8. The number of anilines is 2. The van der Waals surface area contributed by atoms with E-state index in [4.69, 9.17) is 31.5 Å². The third kappa shape index (κ3) is 9.65. The van der Waals surface area contributed by atoms with Crippen molar-refractivity contribution in [2.45, 2.75) is 96.8 Å². The van der Waals surface area contributed by atoms with Gasteiger partial charge in [0.25, 0.3) is 0 Å². The van der Waals surface area contributed by atoms with Gasteiger partial charge in [-0.15, -0.1) is 11.3 Å². The van der Waals surface area contributed by atoms with E-state index >= 15 is 4.39 Å². The minimum Gasteiger partial charge on any atom is -0.479 e. The zero-order chi connectivity index (χ0) is 37.4. The van der Waals surface area contributed by atoms with Crippen molar-refractivity contribution in [1.29, 1.82) is 0 Å². The fourth-order valence-corrected chi connectivity index (χ4v) is 9.11. The molecule has 1 aliphatic rings. The van der Waals surface area contributed by atoms with Crippen LogP contribution in [0.5, 0.6) is 5.75 Å². The standard InChI is InChI=1S/C35H44ClF2N3O7S2/c1-33(2,3)47-26(42)18-46-29-27(36)30(49-31(29)32(43)48-34(4,5)6)22-10-9-11-25(28(22)38)40-21-14-15-41(35(7,8)17-21)50(44,45)19-20-12-13-23(37)24(39)16-20/h9-13,16,21,40H,14-15,17-19,39H2,1-8H3/t21-/m0/s1. The lowest BCUT2D eigenvalue weighted by molar-refractivity contribution is -0.157. The van der Waals surface area contributed by atoms with Gasteiger partial charge in [0.15, 0.2) is 23.1 Å². The summed E-state index contributed by atoms with van der Waals surface area (Å²) in [6, 6.07) is 8.25. The highest BCUT2D eigenvalue weighted by atomic mass is 35.5. The number of carbonyl (C=O) groups excluding carboxylic acids is 2. The number of nitrogen functional groups attached to an aromatic ring is 1. The molecule has 1 saturated heterocycles. The van der Waals surface area contributed by atoms with E-state index in [1.54, 1.807) is 67.5 Å². The minimum atomic E-state index is -3.80. The normalized spacial score (nSPS) is 16.9. The lowest BCUT2D eigenvalue weighted by Crippen LogP contribution is -2.55. The van der Waals surface area contributed by atoms with Crippen LogP contribution in [0.3, 0.4) is 0 Å². The van der Waals surface area contributed by atoms with Gasteiger partial charge in [0, 0.05) is 23.7 Å². The maximum absolute atomic E-state index is 16.3. The Balaban J connectivity index is 1.57. The van der Waals surface area contributed by atoms with Crippen LogP contribution in [0.2, 0.25) is 5.02 Å². The number of ether oxygens (including phenoxy) is 3. The molecular weight excluding hydrogens is 712 g/mol. The Morgan fingerprint density at radius 2 is 1.74 bits per heavy atom. The smallest absolute Gasteiger partial charge is 0.352 e. The summed E-state index contributed by atoms with van der Waals surface area (Å²) in [6.45, 7) is 13.4. The highest BCUT2D eigenvalue weighted by Crippen LogP contribution is 2.48. The summed E-state index contributed by atoms with van der Waals surface area (Å²) in [6.07, 6.45) is 0.732. The molecule has 1 atom stereocenters. The number of piperidine rings is 1. The number of rotatable bonds is 10. The zero-order valence-electron chi connectivity index (χ0n) is 29.4. The van der Waals surface area contributed by atoms with Gasteiger partial charge in [-0.3, -0.25) is 0 Å². The van der Waals surface area contributed by atoms with Crippen LogP contribution >= 0.6 is 22.9 Å². The first-order valence-electron chi connectivity index (χ1n) is 16.0. The second-order valence-electron chi connectivity index (χ2n) is 14.8. The van der Waals surface area contributed by atoms with Gasteiger partial charge in [-0.25, -0.2) is 26.8 Å². The van der Waals surface area contributed by atoms with Crippen LogP contribution < -0.4 is 15.8 Å². The van der Waals surface area contributed by atoms with Gasteiger partial charge in [-0.2, -0.15) is 4.31 Å². The van der Waals surface area contributed by atoms with E-state index in [1.165, 1.54) is 22.5 Å². The minimum absolute atomic E-state index is 0.0418. The van der Waals surface area contributed by atoms with Gasteiger partial charge in [-0.1, -0.05) is 29.8 Å². The van der Waals surface area contributed by atoms with Gasteiger partial charge >= 0.3 is 11.9 Å². The number of nitrogens with one attached hydrogen (secondary N) is 1. The molecule has 0 aliphatic carbocycles.